The number of rotatable bonds is 5. The number of aromatic nitrogens is 4. The van der Waals surface area contributed by atoms with Gasteiger partial charge in [0.2, 0.25) is 0 Å². The van der Waals surface area contributed by atoms with Gasteiger partial charge in [0.1, 0.15) is 0 Å². The van der Waals surface area contributed by atoms with Crippen molar-refractivity contribution in [3.8, 4) is 0 Å². The molecule has 0 aliphatic rings. The van der Waals surface area contributed by atoms with Crippen LogP contribution in [0.3, 0.4) is 0 Å². The zero-order chi connectivity index (χ0) is 14.7. The van der Waals surface area contributed by atoms with Gasteiger partial charge in [0.05, 0.1) is 12.1 Å². The van der Waals surface area contributed by atoms with Crippen LogP contribution in [0.1, 0.15) is 10.5 Å². The summed E-state index contributed by atoms with van der Waals surface area (Å²) in [5.41, 5.74) is 0.853. The van der Waals surface area contributed by atoms with Gasteiger partial charge in [-0.1, -0.05) is 18.2 Å². The Balaban J connectivity index is 1.67. The fourth-order valence-electron chi connectivity index (χ4n) is 2.04. The van der Waals surface area contributed by atoms with Crippen LogP contribution in [0, 0.1) is 0 Å². The third kappa shape index (κ3) is 2.81. The number of nitrogens with one attached hydrogen (secondary N) is 1. The molecule has 7 heteroatoms. The molecule has 0 aliphatic heterocycles. The number of hydrogen-bond acceptors (Lipinski definition) is 5. The largest absolute Gasteiger partial charge is 0.476 e. The van der Waals surface area contributed by atoms with Gasteiger partial charge in [0.25, 0.3) is 0 Å². The first-order valence-electron chi connectivity index (χ1n) is 6.44. The van der Waals surface area contributed by atoms with Gasteiger partial charge >= 0.3 is 5.97 Å². The van der Waals surface area contributed by atoms with E-state index in [0.29, 0.717) is 13.1 Å². The molecule has 0 amide bonds. The van der Waals surface area contributed by atoms with E-state index in [4.69, 9.17) is 5.11 Å². The molecule has 3 aromatic rings. The van der Waals surface area contributed by atoms with E-state index in [1.165, 1.54) is 12.4 Å². The van der Waals surface area contributed by atoms with Crippen LogP contribution in [0.5, 0.6) is 0 Å². The van der Waals surface area contributed by atoms with Crippen molar-refractivity contribution in [1.29, 1.82) is 0 Å². The van der Waals surface area contributed by atoms with Gasteiger partial charge in [-0.15, -0.1) is 0 Å². The predicted octanol–water partition coefficient (Wildman–Crippen LogP) is 1.64. The van der Waals surface area contributed by atoms with Crippen LogP contribution >= 0.6 is 0 Å². The van der Waals surface area contributed by atoms with E-state index in [-0.39, 0.29) is 11.5 Å². The Labute approximate surface area is 120 Å². The van der Waals surface area contributed by atoms with Gasteiger partial charge < -0.3 is 10.4 Å². The van der Waals surface area contributed by atoms with Crippen LogP contribution in [0.25, 0.3) is 10.9 Å². The lowest BCUT2D eigenvalue weighted by Gasteiger charge is -2.07. The maximum Gasteiger partial charge on any atom is 0.358 e. The molecular formula is C14H13N5O2. The first-order valence-corrected chi connectivity index (χ1v) is 6.44. The minimum Gasteiger partial charge on any atom is -0.476 e. The second-order valence-electron chi connectivity index (χ2n) is 4.44. The van der Waals surface area contributed by atoms with Gasteiger partial charge in [-0.25, -0.2) is 14.8 Å². The Morgan fingerprint density at radius 2 is 2.05 bits per heavy atom. The SMILES string of the molecule is O=C(O)c1nccnc1NCCn1cc2ccccc2n1. The maximum atomic E-state index is 11.0. The first-order chi connectivity index (χ1) is 10.2. The molecule has 1 aromatic carbocycles. The minimum absolute atomic E-state index is 0.0804. The molecule has 0 radical (unpaired) electrons. The molecule has 7 nitrogen and oxygen atoms in total. The van der Waals surface area contributed by atoms with Gasteiger partial charge in [0.15, 0.2) is 11.5 Å². The van der Waals surface area contributed by atoms with Gasteiger partial charge in [0, 0.05) is 30.5 Å². The third-order valence-corrected chi connectivity index (χ3v) is 3.00. The van der Waals surface area contributed by atoms with Crippen LogP contribution in [-0.4, -0.2) is 37.4 Å². The molecule has 21 heavy (non-hydrogen) atoms. The van der Waals surface area contributed by atoms with E-state index in [2.05, 4.69) is 20.4 Å². The highest BCUT2D eigenvalue weighted by Crippen LogP contribution is 2.11. The molecule has 0 unspecified atom stereocenters. The van der Waals surface area contributed by atoms with Crippen LogP contribution in [0.4, 0.5) is 5.82 Å². The number of hydrogen-bond donors (Lipinski definition) is 2. The summed E-state index contributed by atoms with van der Waals surface area (Å²) in [4.78, 5) is 18.8. The second-order valence-corrected chi connectivity index (χ2v) is 4.44. The zero-order valence-electron chi connectivity index (χ0n) is 11.1. The van der Waals surface area contributed by atoms with Crippen LogP contribution in [0.15, 0.2) is 42.9 Å². The number of anilines is 1. The van der Waals surface area contributed by atoms with Gasteiger partial charge in [-0.2, -0.15) is 5.10 Å². The van der Waals surface area contributed by atoms with E-state index >= 15 is 0 Å². The topological polar surface area (TPSA) is 92.9 Å². The Morgan fingerprint density at radius 3 is 2.86 bits per heavy atom. The smallest absolute Gasteiger partial charge is 0.358 e. The summed E-state index contributed by atoms with van der Waals surface area (Å²) in [6, 6.07) is 7.85. The maximum absolute atomic E-state index is 11.0. The average molecular weight is 283 g/mol. The van der Waals surface area contributed by atoms with Crippen LogP contribution < -0.4 is 5.32 Å². The van der Waals surface area contributed by atoms with E-state index < -0.39 is 5.97 Å². The third-order valence-electron chi connectivity index (χ3n) is 3.00. The molecular weight excluding hydrogens is 270 g/mol. The van der Waals surface area contributed by atoms with Crippen molar-refractivity contribution in [3.05, 3.63) is 48.5 Å². The summed E-state index contributed by atoms with van der Waals surface area (Å²) in [7, 11) is 0. The number of benzene rings is 1. The molecule has 0 bridgehead atoms. The highest BCUT2D eigenvalue weighted by molar-refractivity contribution is 5.90. The van der Waals surface area contributed by atoms with Gasteiger partial charge in [-0.05, 0) is 6.07 Å². The van der Waals surface area contributed by atoms with Crippen molar-refractivity contribution in [2.24, 2.45) is 0 Å². The van der Waals surface area contributed by atoms with Crippen molar-refractivity contribution in [1.82, 2.24) is 19.7 Å². The molecule has 0 aliphatic carbocycles. The zero-order valence-corrected chi connectivity index (χ0v) is 11.1. The van der Waals surface area contributed by atoms with Crippen molar-refractivity contribution >= 4 is 22.7 Å². The number of fused-ring (bicyclic) bond motifs is 1. The highest BCUT2D eigenvalue weighted by atomic mass is 16.4. The molecule has 0 saturated heterocycles. The summed E-state index contributed by atoms with van der Waals surface area (Å²) in [6.07, 6.45) is 4.76. The van der Waals surface area contributed by atoms with Crippen molar-refractivity contribution in [2.75, 3.05) is 11.9 Å². The van der Waals surface area contributed by atoms with E-state index in [9.17, 15) is 4.79 Å². The highest BCUT2D eigenvalue weighted by Gasteiger charge is 2.11. The van der Waals surface area contributed by atoms with E-state index in [1.807, 2.05) is 35.1 Å². The molecule has 0 saturated carbocycles. The number of carbonyl (C=O) groups is 1. The van der Waals surface area contributed by atoms with Crippen molar-refractivity contribution in [2.45, 2.75) is 6.54 Å². The monoisotopic (exact) mass is 283 g/mol. The Morgan fingerprint density at radius 1 is 1.24 bits per heavy atom. The summed E-state index contributed by atoms with van der Waals surface area (Å²) in [6.45, 7) is 1.11. The number of carboxylic acid groups (broad SMARTS) is 1. The molecule has 0 atom stereocenters. The van der Waals surface area contributed by atoms with Crippen LogP contribution in [-0.2, 0) is 6.54 Å². The van der Waals surface area contributed by atoms with E-state index in [1.54, 1.807) is 0 Å². The Kier molecular flexibility index (Phi) is 3.46. The molecule has 0 spiro atoms. The van der Waals surface area contributed by atoms with Crippen molar-refractivity contribution < 1.29 is 9.90 Å². The Bertz CT molecular complexity index is 751. The number of nitrogens with zero attached hydrogens (tertiary/aromatic N) is 4. The normalized spacial score (nSPS) is 10.7. The lowest BCUT2D eigenvalue weighted by molar-refractivity contribution is 0.0691. The van der Waals surface area contributed by atoms with Crippen LogP contribution in [0.2, 0.25) is 0 Å². The molecule has 2 aromatic heterocycles. The molecule has 0 fully saturated rings. The molecule has 2 heterocycles. The van der Waals surface area contributed by atoms with Gasteiger partial charge in [-0.3, -0.25) is 4.68 Å². The number of carboxylic acids is 1. The average Bonchev–Trinajstić information content (AvgIpc) is 2.90. The molecule has 106 valence electrons. The molecule has 3 rings (SSSR count). The predicted molar refractivity (Wildman–Crippen MR) is 77.2 cm³/mol. The Hall–Kier alpha value is -2.96. The summed E-state index contributed by atoms with van der Waals surface area (Å²) < 4.78 is 1.81. The van der Waals surface area contributed by atoms with Crippen molar-refractivity contribution in [3.63, 3.8) is 0 Å². The summed E-state index contributed by atoms with van der Waals surface area (Å²) in [5.74, 6) is -0.836. The molecule has 2 N–H and O–H groups in total. The van der Waals surface area contributed by atoms with E-state index in [0.717, 1.165) is 10.9 Å². The first kappa shape index (κ1) is 13.0. The summed E-state index contributed by atoms with van der Waals surface area (Å²) >= 11 is 0. The fourth-order valence-corrected chi connectivity index (χ4v) is 2.04. The number of aromatic carboxylic acids is 1. The lowest BCUT2D eigenvalue weighted by Crippen LogP contribution is -2.15. The lowest BCUT2D eigenvalue weighted by atomic mass is 10.3. The quantitative estimate of drug-likeness (QED) is 0.739. The minimum atomic E-state index is -1.10. The fraction of sp³-hybridized carbons (Fsp3) is 0.143. The standard InChI is InChI=1S/C14H13N5O2/c20-14(21)12-13(16-6-5-15-12)17-7-8-19-9-10-3-1-2-4-11(10)18-19/h1-6,9H,7-8H2,(H,16,17)(H,20,21). The summed E-state index contributed by atoms with van der Waals surface area (Å²) in [5, 5.41) is 17.5. The second kappa shape index (κ2) is 5.58.